The maximum atomic E-state index is 6.29. The van der Waals surface area contributed by atoms with Gasteiger partial charge >= 0.3 is 0 Å². The average molecular weight is 419 g/mol. The molecule has 27 heavy (non-hydrogen) atoms. The molecule has 1 N–H and O–H groups in total. The summed E-state index contributed by atoms with van der Waals surface area (Å²) in [5.41, 5.74) is 1.97. The fraction of sp³-hybridized carbons (Fsp3) is 0.333. The minimum Gasteiger partial charge on any atom is -0.349 e. The van der Waals surface area contributed by atoms with E-state index in [9.17, 15) is 0 Å². The summed E-state index contributed by atoms with van der Waals surface area (Å²) >= 11 is 13.5. The Morgan fingerprint density at radius 3 is 2.81 bits per heavy atom. The molecule has 4 rings (SSSR count). The number of aromatic nitrogens is 4. The van der Waals surface area contributed by atoms with Crippen molar-refractivity contribution in [3.05, 3.63) is 46.3 Å². The molecule has 0 aliphatic carbocycles. The van der Waals surface area contributed by atoms with Gasteiger partial charge in [-0.1, -0.05) is 23.7 Å². The second kappa shape index (κ2) is 7.92. The van der Waals surface area contributed by atoms with Gasteiger partial charge in [0.25, 0.3) is 0 Å². The number of aryl methyl sites for hydroxylation is 1. The molecule has 0 unspecified atom stereocenters. The van der Waals surface area contributed by atoms with Gasteiger partial charge in [0.2, 0.25) is 5.82 Å². The number of tetrazole rings is 1. The lowest BCUT2D eigenvalue weighted by atomic mass is 10.1. The number of hydrogen-bond donors (Lipinski definition) is 1. The normalized spacial score (nSPS) is 15.1. The van der Waals surface area contributed by atoms with Crippen molar-refractivity contribution in [3.63, 3.8) is 0 Å². The summed E-state index contributed by atoms with van der Waals surface area (Å²) in [4.78, 5) is 4.96. The number of thiocarbonyl (C=S) groups is 1. The molecule has 3 heterocycles. The molecule has 140 valence electrons. The van der Waals surface area contributed by atoms with E-state index in [4.69, 9.17) is 23.8 Å². The molecule has 0 amide bonds. The van der Waals surface area contributed by atoms with Gasteiger partial charge < -0.3 is 10.2 Å². The Morgan fingerprint density at radius 1 is 1.30 bits per heavy atom. The Bertz CT molecular complexity index is 931. The fourth-order valence-electron chi connectivity index (χ4n) is 3.10. The van der Waals surface area contributed by atoms with Crippen LogP contribution in [-0.2, 0) is 0 Å². The molecule has 1 aliphatic heterocycles. The quantitative estimate of drug-likeness (QED) is 0.636. The van der Waals surface area contributed by atoms with Gasteiger partial charge in [0.15, 0.2) is 5.11 Å². The Labute approximate surface area is 172 Å². The molecule has 9 heteroatoms. The predicted octanol–water partition coefficient (Wildman–Crippen LogP) is 4.40. The smallest absolute Gasteiger partial charge is 0.214 e. The highest BCUT2D eigenvalue weighted by atomic mass is 35.5. The maximum absolute atomic E-state index is 6.29. The summed E-state index contributed by atoms with van der Waals surface area (Å²) in [7, 11) is 0. The molecule has 0 bridgehead atoms. The van der Waals surface area contributed by atoms with Crippen LogP contribution in [0.1, 0.15) is 24.4 Å². The number of thiophene rings is 1. The molecule has 0 radical (unpaired) electrons. The third-order valence-electron chi connectivity index (χ3n) is 4.61. The van der Waals surface area contributed by atoms with Crippen molar-refractivity contribution in [3.8, 4) is 10.7 Å². The van der Waals surface area contributed by atoms with Gasteiger partial charge in [0, 0.05) is 13.1 Å². The minimum atomic E-state index is 0.244. The van der Waals surface area contributed by atoms with Crippen LogP contribution in [0.4, 0.5) is 5.69 Å². The van der Waals surface area contributed by atoms with Gasteiger partial charge in [-0.25, -0.2) is 0 Å². The molecule has 1 aromatic carbocycles. The van der Waals surface area contributed by atoms with Gasteiger partial charge in [-0.15, -0.1) is 21.5 Å². The van der Waals surface area contributed by atoms with Gasteiger partial charge in [-0.3, -0.25) is 0 Å². The van der Waals surface area contributed by atoms with Crippen LogP contribution in [0.3, 0.4) is 0 Å². The number of nitrogens with one attached hydrogen (secondary N) is 1. The van der Waals surface area contributed by atoms with E-state index in [0.29, 0.717) is 16.0 Å². The summed E-state index contributed by atoms with van der Waals surface area (Å²) in [5.74, 6) is 0.693. The molecule has 0 spiro atoms. The first-order chi connectivity index (χ1) is 13.1. The summed E-state index contributed by atoms with van der Waals surface area (Å²) in [6.07, 6.45) is 1.84. The first-order valence-corrected chi connectivity index (χ1v) is 10.4. The van der Waals surface area contributed by atoms with E-state index in [-0.39, 0.29) is 6.04 Å². The summed E-state index contributed by atoms with van der Waals surface area (Å²) in [5, 5.41) is 19.6. The van der Waals surface area contributed by atoms with Crippen molar-refractivity contribution in [2.45, 2.75) is 25.8 Å². The van der Waals surface area contributed by atoms with E-state index in [2.05, 4.69) is 25.6 Å². The number of piperidine rings is 1. The third kappa shape index (κ3) is 4.12. The Balaban J connectivity index is 1.35. The van der Waals surface area contributed by atoms with Gasteiger partial charge in [-0.05, 0) is 66.3 Å². The van der Waals surface area contributed by atoms with Crippen molar-refractivity contribution in [2.24, 2.45) is 0 Å². The van der Waals surface area contributed by atoms with Gasteiger partial charge in [0.1, 0.15) is 0 Å². The number of nitrogens with zero attached hydrogens (tertiary/aromatic N) is 5. The van der Waals surface area contributed by atoms with Crippen LogP contribution in [-0.4, -0.2) is 43.3 Å². The van der Waals surface area contributed by atoms with E-state index in [0.717, 1.165) is 42.1 Å². The highest BCUT2D eigenvalue weighted by molar-refractivity contribution is 7.80. The maximum Gasteiger partial charge on any atom is 0.214 e. The zero-order chi connectivity index (χ0) is 18.8. The van der Waals surface area contributed by atoms with Crippen LogP contribution in [0.15, 0.2) is 35.7 Å². The first-order valence-electron chi connectivity index (χ1n) is 8.75. The largest absolute Gasteiger partial charge is 0.349 e. The zero-order valence-corrected chi connectivity index (χ0v) is 17.2. The number of benzene rings is 1. The van der Waals surface area contributed by atoms with E-state index in [1.54, 1.807) is 16.1 Å². The molecule has 2 aromatic heterocycles. The molecule has 0 atom stereocenters. The van der Waals surface area contributed by atoms with Crippen molar-refractivity contribution < 1.29 is 0 Å². The number of likely N-dealkylation sites (tertiary alicyclic amines) is 1. The SMILES string of the molecule is Cc1ccc(NC(=S)N2CCC(n3nnc(-c4cccs4)n3)CC2)c(Cl)c1. The van der Waals surface area contributed by atoms with E-state index in [1.165, 1.54) is 0 Å². The van der Waals surface area contributed by atoms with E-state index >= 15 is 0 Å². The molecule has 3 aromatic rings. The Kier molecular flexibility index (Phi) is 5.38. The van der Waals surface area contributed by atoms with E-state index in [1.807, 2.05) is 42.6 Å². The molecule has 1 saturated heterocycles. The van der Waals surface area contributed by atoms with Crippen LogP contribution < -0.4 is 5.32 Å². The van der Waals surface area contributed by atoms with Crippen LogP contribution in [0.2, 0.25) is 5.02 Å². The zero-order valence-electron chi connectivity index (χ0n) is 14.8. The van der Waals surface area contributed by atoms with Gasteiger partial charge in [-0.2, -0.15) is 4.80 Å². The topological polar surface area (TPSA) is 58.9 Å². The van der Waals surface area contributed by atoms with Crippen LogP contribution >= 0.6 is 35.2 Å². The monoisotopic (exact) mass is 418 g/mol. The lowest BCUT2D eigenvalue weighted by molar-refractivity contribution is 0.238. The molecule has 1 aliphatic rings. The van der Waals surface area contributed by atoms with Gasteiger partial charge in [0.05, 0.1) is 21.6 Å². The fourth-order valence-corrected chi connectivity index (χ4v) is 4.32. The number of halogens is 1. The number of hydrogen-bond acceptors (Lipinski definition) is 5. The van der Waals surface area contributed by atoms with Crippen molar-refractivity contribution in [2.75, 3.05) is 18.4 Å². The summed E-state index contributed by atoms with van der Waals surface area (Å²) < 4.78 is 0. The number of rotatable bonds is 3. The Morgan fingerprint density at radius 2 is 2.11 bits per heavy atom. The standard InChI is InChI=1S/C18H19ClN6S2/c1-12-4-5-15(14(19)11-12)20-18(26)24-8-6-13(7-9-24)25-22-17(21-23-25)16-3-2-10-27-16/h2-5,10-11,13H,6-9H2,1H3,(H,20,26). The van der Waals surface area contributed by atoms with Crippen molar-refractivity contribution in [1.29, 1.82) is 0 Å². The predicted molar refractivity (Wildman–Crippen MR) is 113 cm³/mol. The lowest BCUT2D eigenvalue weighted by Gasteiger charge is -2.33. The average Bonchev–Trinajstić information content (AvgIpc) is 3.35. The van der Waals surface area contributed by atoms with Crippen molar-refractivity contribution >= 4 is 46.0 Å². The molecule has 6 nitrogen and oxygen atoms in total. The molecular weight excluding hydrogens is 400 g/mol. The number of anilines is 1. The molecular formula is C18H19ClN6S2. The van der Waals surface area contributed by atoms with E-state index < -0.39 is 0 Å². The highest BCUT2D eigenvalue weighted by Crippen LogP contribution is 2.26. The molecule has 0 saturated carbocycles. The summed E-state index contributed by atoms with van der Waals surface area (Å²) in [6.45, 7) is 3.70. The van der Waals surface area contributed by atoms with Crippen molar-refractivity contribution in [1.82, 2.24) is 25.1 Å². The lowest BCUT2D eigenvalue weighted by Crippen LogP contribution is -2.41. The highest BCUT2D eigenvalue weighted by Gasteiger charge is 2.24. The third-order valence-corrected chi connectivity index (χ3v) is 6.15. The minimum absolute atomic E-state index is 0.244. The second-order valence-electron chi connectivity index (χ2n) is 6.54. The van der Waals surface area contributed by atoms with Crippen LogP contribution in [0, 0.1) is 6.92 Å². The first kappa shape index (κ1) is 18.3. The summed E-state index contributed by atoms with van der Waals surface area (Å²) in [6, 6.07) is 10.2. The second-order valence-corrected chi connectivity index (χ2v) is 8.28. The Hall–Kier alpha value is -2.03. The van der Waals surface area contributed by atoms with Crippen LogP contribution in [0.25, 0.3) is 10.7 Å². The molecule has 1 fully saturated rings. The van der Waals surface area contributed by atoms with Crippen LogP contribution in [0.5, 0.6) is 0 Å².